The molecule has 0 unspecified atom stereocenters. The van der Waals surface area contributed by atoms with E-state index in [0.717, 1.165) is 16.6 Å². The molecule has 3 heterocycles. The summed E-state index contributed by atoms with van der Waals surface area (Å²) in [7, 11) is 0. The Balaban J connectivity index is 1.29. The molecule has 0 saturated heterocycles. The first-order valence-corrected chi connectivity index (χ1v) is 8.98. The van der Waals surface area contributed by atoms with Crippen molar-refractivity contribution in [3.8, 4) is 11.5 Å². The number of aromatic nitrogens is 4. The number of hydrogen-bond donors (Lipinski definition) is 2. The Hall–Kier alpha value is -4.20. The van der Waals surface area contributed by atoms with Crippen LogP contribution in [0.15, 0.2) is 71.7 Å². The molecule has 1 amide bonds. The molecule has 142 valence electrons. The molecule has 8 heteroatoms. The zero-order valence-corrected chi connectivity index (χ0v) is 15.2. The number of carbonyl (C=O) groups is 1. The number of nitrogen functional groups attached to an aromatic ring is 1. The fourth-order valence-corrected chi connectivity index (χ4v) is 3.05. The number of nitrogens with two attached hydrogens (primary N) is 1. The van der Waals surface area contributed by atoms with Crippen LogP contribution in [0.5, 0.6) is 0 Å². The topological polar surface area (TPSA) is 111 Å². The number of benzene rings is 2. The lowest BCUT2D eigenvalue weighted by Gasteiger charge is -2.06. The van der Waals surface area contributed by atoms with E-state index < -0.39 is 0 Å². The molecule has 8 nitrogen and oxygen atoms in total. The third kappa shape index (κ3) is 3.27. The minimum absolute atomic E-state index is 0.200. The van der Waals surface area contributed by atoms with E-state index in [1.807, 2.05) is 24.3 Å². The first kappa shape index (κ1) is 16.9. The normalized spacial score (nSPS) is 11.2. The Labute approximate surface area is 165 Å². The van der Waals surface area contributed by atoms with Gasteiger partial charge in [0.15, 0.2) is 5.58 Å². The molecule has 3 N–H and O–H groups in total. The van der Waals surface area contributed by atoms with Crippen LogP contribution in [0.25, 0.3) is 28.3 Å². The molecule has 0 radical (unpaired) electrons. The van der Waals surface area contributed by atoms with Gasteiger partial charge in [-0.25, -0.2) is 15.0 Å². The number of imidazole rings is 1. The maximum atomic E-state index is 12.4. The van der Waals surface area contributed by atoms with E-state index in [4.69, 9.17) is 10.2 Å². The lowest BCUT2D eigenvalue weighted by Crippen LogP contribution is -2.23. The fourth-order valence-electron chi connectivity index (χ4n) is 3.05. The highest BCUT2D eigenvalue weighted by molar-refractivity contribution is 5.93. The summed E-state index contributed by atoms with van der Waals surface area (Å²) in [5, 5.41) is 2.89. The minimum atomic E-state index is -0.200. The van der Waals surface area contributed by atoms with Crippen molar-refractivity contribution in [3.05, 3.63) is 78.4 Å². The van der Waals surface area contributed by atoms with E-state index in [0.29, 0.717) is 35.0 Å². The molecular weight excluding hydrogens is 368 g/mol. The maximum Gasteiger partial charge on any atom is 0.254 e. The molecule has 2 aromatic carbocycles. The molecule has 0 aliphatic carbocycles. The molecule has 0 fully saturated rings. The average molecular weight is 384 g/mol. The summed E-state index contributed by atoms with van der Waals surface area (Å²) < 4.78 is 7.49. The van der Waals surface area contributed by atoms with Crippen molar-refractivity contribution in [2.75, 3.05) is 5.73 Å². The van der Waals surface area contributed by atoms with Crippen LogP contribution in [0.1, 0.15) is 15.9 Å². The first-order valence-electron chi connectivity index (χ1n) is 8.98. The number of anilines is 1. The van der Waals surface area contributed by atoms with Gasteiger partial charge in [-0.1, -0.05) is 12.1 Å². The van der Waals surface area contributed by atoms with Gasteiger partial charge in [0.1, 0.15) is 5.52 Å². The quantitative estimate of drug-likeness (QED) is 0.461. The zero-order chi connectivity index (χ0) is 19.8. The van der Waals surface area contributed by atoms with Gasteiger partial charge >= 0.3 is 0 Å². The van der Waals surface area contributed by atoms with Crippen molar-refractivity contribution in [2.45, 2.75) is 6.54 Å². The van der Waals surface area contributed by atoms with Crippen LogP contribution in [0, 0.1) is 0 Å². The van der Waals surface area contributed by atoms with E-state index in [9.17, 15) is 4.79 Å². The lowest BCUT2D eigenvalue weighted by atomic mass is 10.1. The van der Waals surface area contributed by atoms with Crippen molar-refractivity contribution >= 4 is 28.5 Å². The van der Waals surface area contributed by atoms with Gasteiger partial charge in [0.25, 0.3) is 5.91 Å². The average Bonchev–Trinajstić information content (AvgIpc) is 3.38. The summed E-state index contributed by atoms with van der Waals surface area (Å²) in [6.45, 7) is 0.394. The van der Waals surface area contributed by atoms with Crippen LogP contribution >= 0.6 is 0 Å². The van der Waals surface area contributed by atoms with E-state index in [1.54, 1.807) is 41.2 Å². The Morgan fingerprint density at radius 1 is 1.14 bits per heavy atom. The van der Waals surface area contributed by atoms with Crippen molar-refractivity contribution in [2.24, 2.45) is 0 Å². The van der Waals surface area contributed by atoms with Gasteiger partial charge in [0.2, 0.25) is 11.7 Å². The Morgan fingerprint density at radius 2 is 2.00 bits per heavy atom. The molecule has 3 aromatic heterocycles. The highest BCUT2D eigenvalue weighted by Gasteiger charge is 2.10. The SMILES string of the molecule is Nc1ccc2oc(-c3ccc(CNC(=O)c4cnc5nccn5c4)cc3)nc2c1. The van der Waals surface area contributed by atoms with E-state index in [2.05, 4.69) is 20.3 Å². The molecule has 0 spiro atoms. The summed E-state index contributed by atoms with van der Waals surface area (Å²) in [5.74, 6) is 0.883. The van der Waals surface area contributed by atoms with Crippen LogP contribution in [0.2, 0.25) is 0 Å². The van der Waals surface area contributed by atoms with E-state index in [-0.39, 0.29) is 5.91 Å². The number of nitrogens with one attached hydrogen (secondary N) is 1. The summed E-state index contributed by atoms with van der Waals surface area (Å²) in [4.78, 5) is 25.1. The zero-order valence-electron chi connectivity index (χ0n) is 15.2. The maximum absolute atomic E-state index is 12.4. The molecule has 0 aliphatic rings. The van der Waals surface area contributed by atoms with E-state index >= 15 is 0 Å². The monoisotopic (exact) mass is 384 g/mol. The summed E-state index contributed by atoms with van der Waals surface area (Å²) in [6.07, 6.45) is 6.60. The summed E-state index contributed by atoms with van der Waals surface area (Å²) in [5.41, 5.74) is 10.1. The van der Waals surface area contributed by atoms with Crippen molar-refractivity contribution in [3.63, 3.8) is 0 Å². The van der Waals surface area contributed by atoms with Gasteiger partial charge in [-0.15, -0.1) is 0 Å². The fraction of sp³-hybridized carbons (Fsp3) is 0.0476. The second kappa shape index (κ2) is 6.75. The highest BCUT2D eigenvalue weighted by atomic mass is 16.3. The van der Waals surface area contributed by atoms with Crippen molar-refractivity contribution in [1.82, 2.24) is 24.7 Å². The van der Waals surface area contributed by atoms with Crippen LogP contribution in [-0.4, -0.2) is 25.3 Å². The van der Waals surface area contributed by atoms with Gasteiger partial charge in [-0.2, -0.15) is 0 Å². The number of amides is 1. The van der Waals surface area contributed by atoms with Gasteiger partial charge in [0, 0.05) is 42.6 Å². The van der Waals surface area contributed by atoms with Crippen molar-refractivity contribution < 1.29 is 9.21 Å². The Morgan fingerprint density at radius 3 is 2.86 bits per heavy atom. The largest absolute Gasteiger partial charge is 0.436 e. The second-order valence-corrected chi connectivity index (χ2v) is 6.60. The van der Waals surface area contributed by atoms with Gasteiger partial charge in [-0.3, -0.25) is 9.20 Å². The lowest BCUT2D eigenvalue weighted by molar-refractivity contribution is 0.0950. The van der Waals surface area contributed by atoms with Crippen LogP contribution in [0.3, 0.4) is 0 Å². The molecule has 0 saturated carbocycles. The number of nitrogens with zero attached hydrogens (tertiary/aromatic N) is 4. The number of hydrogen-bond acceptors (Lipinski definition) is 6. The summed E-state index contributed by atoms with van der Waals surface area (Å²) in [6, 6.07) is 13.0. The number of oxazole rings is 1. The van der Waals surface area contributed by atoms with Crippen molar-refractivity contribution in [1.29, 1.82) is 0 Å². The second-order valence-electron chi connectivity index (χ2n) is 6.60. The molecule has 29 heavy (non-hydrogen) atoms. The molecule has 0 atom stereocenters. The van der Waals surface area contributed by atoms with Crippen LogP contribution in [0.4, 0.5) is 5.69 Å². The standard InChI is InChI=1S/C21H16N6O2/c22-16-5-6-18-17(9-16)26-20(29-18)14-3-1-13(2-4-14)10-24-19(28)15-11-25-21-23-7-8-27(21)12-15/h1-9,11-12H,10,22H2,(H,24,28). The highest BCUT2D eigenvalue weighted by Crippen LogP contribution is 2.25. The third-order valence-electron chi connectivity index (χ3n) is 4.57. The molecule has 5 aromatic rings. The van der Waals surface area contributed by atoms with Gasteiger partial charge < -0.3 is 15.5 Å². The Kier molecular flexibility index (Phi) is 3.94. The predicted octanol–water partition coefficient (Wildman–Crippen LogP) is 3.05. The number of carbonyl (C=O) groups excluding carboxylic acids is 1. The molecular formula is C21H16N6O2. The molecule has 0 bridgehead atoms. The molecule has 5 rings (SSSR count). The van der Waals surface area contributed by atoms with Gasteiger partial charge in [0.05, 0.1) is 5.56 Å². The van der Waals surface area contributed by atoms with Gasteiger partial charge in [-0.05, 0) is 35.9 Å². The Bertz CT molecular complexity index is 1340. The van der Waals surface area contributed by atoms with Crippen LogP contribution < -0.4 is 11.1 Å². The minimum Gasteiger partial charge on any atom is -0.436 e. The van der Waals surface area contributed by atoms with Crippen LogP contribution in [-0.2, 0) is 6.54 Å². The predicted molar refractivity (Wildman–Crippen MR) is 108 cm³/mol. The number of rotatable bonds is 4. The summed E-state index contributed by atoms with van der Waals surface area (Å²) >= 11 is 0. The molecule has 0 aliphatic heterocycles. The van der Waals surface area contributed by atoms with E-state index in [1.165, 1.54) is 6.20 Å². The first-order chi connectivity index (χ1) is 14.2. The smallest absolute Gasteiger partial charge is 0.254 e. The third-order valence-corrected chi connectivity index (χ3v) is 4.57. The number of fused-ring (bicyclic) bond motifs is 2.